The molecule has 0 spiro atoms. The molecule has 3 rings (SSSR count). The molecule has 0 N–H and O–H groups in total. The van der Waals surface area contributed by atoms with Crippen LogP contribution in [0.1, 0.15) is 40.7 Å². The van der Waals surface area contributed by atoms with Crippen molar-refractivity contribution in [2.75, 3.05) is 27.2 Å². The molecule has 0 saturated carbocycles. The second-order valence-electron chi connectivity index (χ2n) is 7.42. The van der Waals surface area contributed by atoms with Gasteiger partial charge < -0.3 is 9.64 Å². The van der Waals surface area contributed by atoms with Crippen molar-refractivity contribution in [3.8, 4) is 5.75 Å². The van der Waals surface area contributed by atoms with E-state index in [0.29, 0.717) is 30.8 Å². The lowest BCUT2D eigenvalue weighted by Gasteiger charge is -2.25. The zero-order valence-electron chi connectivity index (χ0n) is 17.0. The molecule has 29 heavy (non-hydrogen) atoms. The Labute approximate surface area is 173 Å². The van der Waals surface area contributed by atoms with Gasteiger partial charge in [0.2, 0.25) is 10.0 Å². The standard InChI is InChI=1S/C22H28N2O4S/c1-23(16-18-8-12-21(28-2)13-9-18)22(25)20-10-6-19(7-11-20)17-29(26,27)24-14-4-3-5-15-24/h6-13H,3-5,14-17H2,1-2H3. The fraction of sp³-hybridized carbons (Fsp3) is 0.409. The molecule has 1 aliphatic heterocycles. The minimum Gasteiger partial charge on any atom is -0.497 e. The van der Waals surface area contributed by atoms with E-state index in [9.17, 15) is 13.2 Å². The molecule has 156 valence electrons. The van der Waals surface area contributed by atoms with Crippen molar-refractivity contribution in [2.24, 2.45) is 0 Å². The molecule has 1 aliphatic rings. The summed E-state index contributed by atoms with van der Waals surface area (Å²) in [4.78, 5) is 14.3. The summed E-state index contributed by atoms with van der Waals surface area (Å²) in [6, 6.07) is 14.5. The van der Waals surface area contributed by atoms with E-state index in [-0.39, 0.29) is 11.7 Å². The zero-order chi connectivity index (χ0) is 20.9. The highest BCUT2D eigenvalue weighted by Crippen LogP contribution is 2.18. The molecule has 0 atom stereocenters. The Morgan fingerprint density at radius 2 is 1.55 bits per heavy atom. The SMILES string of the molecule is COc1ccc(CN(C)C(=O)c2ccc(CS(=O)(=O)N3CCCCC3)cc2)cc1. The quantitative estimate of drug-likeness (QED) is 0.695. The third-order valence-electron chi connectivity index (χ3n) is 5.18. The van der Waals surface area contributed by atoms with Gasteiger partial charge in [0.25, 0.3) is 5.91 Å². The maximum atomic E-state index is 12.7. The van der Waals surface area contributed by atoms with Crippen LogP contribution in [-0.2, 0) is 22.3 Å². The number of hydrogen-bond donors (Lipinski definition) is 0. The van der Waals surface area contributed by atoms with Crippen LogP contribution in [0.25, 0.3) is 0 Å². The van der Waals surface area contributed by atoms with Crippen molar-refractivity contribution < 1.29 is 17.9 Å². The maximum Gasteiger partial charge on any atom is 0.253 e. The van der Waals surface area contributed by atoms with Crippen LogP contribution in [-0.4, -0.2) is 50.8 Å². The van der Waals surface area contributed by atoms with E-state index >= 15 is 0 Å². The number of nitrogens with zero attached hydrogens (tertiary/aromatic N) is 2. The Kier molecular flexibility index (Phi) is 6.92. The number of hydrogen-bond acceptors (Lipinski definition) is 4. The van der Waals surface area contributed by atoms with E-state index in [2.05, 4.69) is 0 Å². The van der Waals surface area contributed by atoms with Crippen molar-refractivity contribution in [2.45, 2.75) is 31.6 Å². The molecule has 0 bridgehead atoms. The van der Waals surface area contributed by atoms with Crippen molar-refractivity contribution >= 4 is 15.9 Å². The van der Waals surface area contributed by atoms with E-state index in [1.54, 1.807) is 47.6 Å². The Balaban J connectivity index is 1.61. The van der Waals surface area contributed by atoms with Gasteiger partial charge in [-0.05, 0) is 48.2 Å². The van der Waals surface area contributed by atoms with Crippen molar-refractivity contribution in [3.63, 3.8) is 0 Å². The first-order valence-corrected chi connectivity index (χ1v) is 11.4. The molecule has 6 nitrogen and oxygen atoms in total. The van der Waals surface area contributed by atoms with Gasteiger partial charge in [-0.1, -0.05) is 30.7 Å². The Morgan fingerprint density at radius 3 is 2.14 bits per heavy atom. The number of sulfonamides is 1. The second-order valence-corrected chi connectivity index (χ2v) is 9.39. The van der Waals surface area contributed by atoms with E-state index in [4.69, 9.17) is 4.74 Å². The molecule has 2 aromatic carbocycles. The van der Waals surface area contributed by atoms with Gasteiger partial charge >= 0.3 is 0 Å². The van der Waals surface area contributed by atoms with Gasteiger partial charge in [-0.25, -0.2) is 12.7 Å². The number of piperidine rings is 1. The number of amides is 1. The van der Waals surface area contributed by atoms with E-state index in [1.165, 1.54) is 0 Å². The molecule has 7 heteroatoms. The largest absolute Gasteiger partial charge is 0.497 e. The van der Waals surface area contributed by atoms with Crippen LogP contribution in [0.4, 0.5) is 0 Å². The molecule has 1 heterocycles. The summed E-state index contributed by atoms with van der Waals surface area (Å²) in [5.41, 5.74) is 2.25. The Bertz CT molecular complexity index is 918. The minimum absolute atomic E-state index is 0.0246. The highest BCUT2D eigenvalue weighted by molar-refractivity contribution is 7.88. The van der Waals surface area contributed by atoms with Gasteiger partial charge in [0, 0.05) is 32.2 Å². The summed E-state index contributed by atoms with van der Waals surface area (Å²) in [5, 5.41) is 0. The molecule has 0 radical (unpaired) electrons. The van der Waals surface area contributed by atoms with Crippen molar-refractivity contribution in [1.29, 1.82) is 0 Å². The highest BCUT2D eigenvalue weighted by Gasteiger charge is 2.24. The number of benzene rings is 2. The first-order chi connectivity index (χ1) is 13.9. The van der Waals surface area contributed by atoms with Crippen molar-refractivity contribution in [1.82, 2.24) is 9.21 Å². The third kappa shape index (κ3) is 5.58. The lowest BCUT2D eigenvalue weighted by Crippen LogP contribution is -2.36. The number of carbonyl (C=O) groups is 1. The van der Waals surface area contributed by atoms with E-state index < -0.39 is 10.0 Å². The first kappa shape index (κ1) is 21.3. The van der Waals surface area contributed by atoms with Crippen LogP contribution in [0.2, 0.25) is 0 Å². The predicted octanol–water partition coefficient (Wildman–Crippen LogP) is 3.28. The summed E-state index contributed by atoms with van der Waals surface area (Å²) in [6.07, 6.45) is 2.94. The fourth-order valence-corrected chi connectivity index (χ4v) is 5.10. The summed E-state index contributed by atoms with van der Waals surface area (Å²) in [5.74, 6) is 0.646. The van der Waals surface area contributed by atoms with Crippen molar-refractivity contribution in [3.05, 3.63) is 65.2 Å². The molecule has 0 aromatic heterocycles. The molecular weight excluding hydrogens is 388 g/mol. The van der Waals surface area contributed by atoms with Crippen LogP contribution < -0.4 is 4.74 Å². The topological polar surface area (TPSA) is 66.9 Å². The lowest BCUT2D eigenvalue weighted by atomic mass is 10.1. The van der Waals surface area contributed by atoms with Crippen LogP contribution in [0.3, 0.4) is 0 Å². The lowest BCUT2D eigenvalue weighted by molar-refractivity contribution is 0.0785. The van der Waals surface area contributed by atoms with Gasteiger partial charge in [0.15, 0.2) is 0 Å². The van der Waals surface area contributed by atoms with Gasteiger partial charge in [-0.2, -0.15) is 0 Å². The molecular formula is C22H28N2O4S. The summed E-state index contributed by atoms with van der Waals surface area (Å²) >= 11 is 0. The number of ether oxygens (including phenoxy) is 1. The molecule has 0 unspecified atom stereocenters. The predicted molar refractivity (Wildman–Crippen MR) is 113 cm³/mol. The zero-order valence-corrected chi connectivity index (χ0v) is 17.8. The number of methoxy groups -OCH3 is 1. The van der Waals surface area contributed by atoms with Crippen LogP contribution in [0.5, 0.6) is 5.75 Å². The molecule has 2 aromatic rings. The molecule has 0 aliphatic carbocycles. The van der Waals surface area contributed by atoms with E-state index in [0.717, 1.165) is 30.6 Å². The first-order valence-electron chi connectivity index (χ1n) is 9.84. The van der Waals surface area contributed by atoms with E-state index in [1.807, 2.05) is 24.3 Å². The summed E-state index contributed by atoms with van der Waals surface area (Å²) < 4.78 is 31.9. The third-order valence-corrected chi connectivity index (χ3v) is 7.03. The highest BCUT2D eigenvalue weighted by atomic mass is 32.2. The minimum atomic E-state index is -3.30. The van der Waals surface area contributed by atoms with Crippen LogP contribution in [0, 0.1) is 0 Å². The van der Waals surface area contributed by atoms with Crippen LogP contribution in [0.15, 0.2) is 48.5 Å². The number of carbonyl (C=O) groups excluding carboxylic acids is 1. The molecule has 1 saturated heterocycles. The molecule has 1 fully saturated rings. The Hall–Kier alpha value is -2.38. The normalized spacial score (nSPS) is 15.1. The average molecular weight is 417 g/mol. The maximum absolute atomic E-state index is 12.7. The number of rotatable bonds is 7. The smallest absolute Gasteiger partial charge is 0.253 e. The van der Waals surface area contributed by atoms with Gasteiger partial charge in [0.1, 0.15) is 5.75 Å². The van der Waals surface area contributed by atoms with Gasteiger partial charge in [-0.15, -0.1) is 0 Å². The molecule has 1 amide bonds. The monoisotopic (exact) mass is 416 g/mol. The average Bonchev–Trinajstić information content (AvgIpc) is 2.74. The summed E-state index contributed by atoms with van der Waals surface area (Å²) in [6.45, 7) is 1.69. The van der Waals surface area contributed by atoms with Crippen LogP contribution >= 0.6 is 0 Å². The van der Waals surface area contributed by atoms with Gasteiger partial charge in [0.05, 0.1) is 12.9 Å². The second kappa shape index (κ2) is 9.41. The van der Waals surface area contributed by atoms with Gasteiger partial charge in [-0.3, -0.25) is 4.79 Å². The summed E-state index contributed by atoms with van der Waals surface area (Å²) in [7, 11) is 0.0639. The Morgan fingerprint density at radius 1 is 0.966 bits per heavy atom. The fourth-order valence-electron chi connectivity index (χ4n) is 3.49.